The molecular weight excluding hydrogens is 522 g/mol. The number of amides is 3. The number of carbonyl (C=O) groups excluding carboxylic acids is 4. The fourth-order valence-corrected chi connectivity index (χ4v) is 3.81. The van der Waals surface area contributed by atoms with Gasteiger partial charge in [-0.05, 0) is 58.4 Å². The Labute approximate surface area is 235 Å². The van der Waals surface area contributed by atoms with Crippen LogP contribution in [0, 0.1) is 5.92 Å². The number of ether oxygens (including phenoxy) is 2. The van der Waals surface area contributed by atoms with E-state index in [4.69, 9.17) is 9.47 Å². The molecule has 12 heteroatoms. The number of hydrogen-bond acceptors (Lipinski definition) is 8. The Morgan fingerprint density at radius 2 is 1.65 bits per heavy atom. The van der Waals surface area contributed by atoms with Crippen molar-refractivity contribution in [2.45, 2.75) is 110 Å². The fraction of sp³-hybridized carbons (Fsp3) is 0.679. The summed E-state index contributed by atoms with van der Waals surface area (Å²) in [6, 6.07) is -3.81. The predicted molar refractivity (Wildman–Crippen MR) is 147 cm³/mol. The van der Waals surface area contributed by atoms with Crippen LogP contribution in [0.4, 0.5) is 4.79 Å². The van der Waals surface area contributed by atoms with Gasteiger partial charge >= 0.3 is 18.0 Å². The van der Waals surface area contributed by atoms with Crippen LogP contribution in [0.3, 0.4) is 0 Å². The number of allylic oxidation sites excluding steroid dienone is 2. The molecule has 0 aromatic heterocycles. The minimum absolute atomic E-state index is 0.00153. The quantitative estimate of drug-likeness (QED) is 0.186. The molecule has 1 aliphatic rings. The van der Waals surface area contributed by atoms with E-state index in [0.717, 1.165) is 18.4 Å². The standard InChI is InChI=1S/C28H45N3O9/c1-7-17(2)23(26(36)37)31-24(34)20(13-14-22(33)40-28(4,5)6)29-25(35)21(15-18(3)32)30-27(38)39-16-19-11-9-8-10-12-19/h9,11-12,17-18,20-21,23,32H,7-8,10,13-16H2,1-6H3,(H,29,35)(H,30,38)(H,31,34)(H,36,37). The molecule has 0 aromatic rings. The Morgan fingerprint density at radius 3 is 2.17 bits per heavy atom. The van der Waals surface area contributed by atoms with Crippen LogP contribution < -0.4 is 16.0 Å². The summed E-state index contributed by atoms with van der Waals surface area (Å²) in [5.41, 5.74) is 0.0465. The summed E-state index contributed by atoms with van der Waals surface area (Å²) in [7, 11) is 0. The van der Waals surface area contributed by atoms with E-state index in [9.17, 15) is 34.2 Å². The van der Waals surface area contributed by atoms with Gasteiger partial charge in [0.15, 0.2) is 0 Å². The molecule has 0 heterocycles. The first-order chi connectivity index (χ1) is 18.6. The normalized spacial score (nSPS) is 16.8. The molecule has 0 spiro atoms. The van der Waals surface area contributed by atoms with E-state index < -0.39 is 65.6 Å². The number of aliphatic hydroxyl groups excluding tert-OH is 1. The van der Waals surface area contributed by atoms with Gasteiger partial charge in [-0.1, -0.05) is 38.5 Å². The van der Waals surface area contributed by atoms with Crippen LogP contribution in [0.25, 0.3) is 0 Å². The van der Waals surface area contributed by atoms with E-state index in [1.165, 1.54) is 6.92 Å². The highest BCUT2D eigenvalue weighted by Gasteiger charge is 2.32. The first-order valence-corrected chi connectivity index (χ1v) is 13.6. The third kappa shape index (κ3) is 13.6. The van der Waals surface area contributed by atoms with Crippen LogP contribution in [0.2, 0.25) is 0 Å². The van der Waals surface area contributed by atoms with Crippen molar-refractivity contribution in [3.05, 3.63) is 23.8 Å². The van der Waals surface area contributed by atoms with Gasteiger partial charge < -0.3 is 35.6 Å². The third-order valence-electron chi connectivity index (χ3n) is 6.09. The zero-order valence-electron chi connectivity index (χ0n) is 24.3. The molecule has 12 nitrogen and oxygen atoms in total. The van der Waals surface area contributed by atoms with E-state index in [1.54, 1.807) is 34.6 Å². The minimum Gasteiger partial charge on any atom is -0.480 e. The number of nitrogens with one attached hydrogen (secondary N) is 3. The molecule has 5 atom stereocenters. The van der Waals surface area contributed by atoms with Gasteiger partial charge in [0.25, 0.3) is 0 Å². The molecular formula is C28H45N3O9. The fourth-order valence-electron chi connectivity index (χ4n) is 3.81. The maximum atomic E-state index is 13.2. The van der Waals surface area contributed by atoms with Crippen molar-refractivity contribution in [1.29, 1.82) is 0 Å². The summed E-state index contributed by atoms with van der Waals surface area (Å²) < 4.78 is 10.5. The Kier molecular flexibility index (Phi) is 14.4. The Bertz CT molecular complexity index is 953. The molecule has 1 rings (SSSR count). The highest BCUT2D eigenvalue weighted by Crippen LogP contribution is 2.13. The molecule has 0 aliphatic heterocycles. The van der Waals surface area contributed by atoms with Crippen molar-refractivity contribution < 1.29 is 43.7 Å². The van der Waals surface area contributed by atoms with Crippen LogP contribution in [0.5, 0.6) is 0 Å². The highest BCUT2D eigenvalue weighted by atomic mass is 16.6. The molecule has 0 bridgehead atoms. The number of hydrogen-bond donors (Lipinski definition) is 5. The summed E-state index contributed by atoms with van der Waals surface area (Å²) in [4.78, 5) is 62.8. The second kappa shape index (κ2) is 16.6. The maximum Gasteiger partial charge on any atom is 0.408 e. The number of aliphatic carboxylic acids is 1. The van der Waals surface area contributed by atoms with Crippen LogP contribution in [-0.4, -0.2) is 76.5 Å². The Balaban J connectivity index is 3.02. The molecule has 5 N–H and O–H groups in total. The summed E-state index contributed by atoms with van der Waals surface area (Å²) >= 11 is 0. The van der Waals surface area contributed by atoms with Crippen molar-refractivity contribution >= 4 is 29.8 Å². The molecule has 0 saturated heterocycles. The summed E-state index contributed by atoms with van der Waals surface area (Å²) in [5.74, 6) is -3.87. The summed E-state index contributed by atoms with van der Waals surface area (Å²) in [5, 5.41) is 26.9. The lowest BCUT2D eigenvalue weighted by atomic mass is 9.98. The lowest BCUT2D eigenvalue weighted by molar-refractivity contribution is -0.155. The molecule has 0 aromatic carbocycles. The van der Waals surface area contributed by atoms with Crippen molar-refractivity contribution in [2.24, 2.45) is 5.92 Å². The van der Waals surface area contributed by atoms with Gasteiger partial charge in [0.2, 0.25) is 11.8 Å². The average Bonchev–Trinajstić information content (AvgIpc) is 2.86. The number of carboxylic acids is 1. The molecule has 0 saturated carbocycles. The second-order valence-corrected chi connectivity index (χ2v) is 11.0. The molecule has 3 amide bonds. The van der Waals surface area contributed by atoms with Crippen molar-refractivity contribution in [2.75, 3.05) is 6.61 Å². The number of aliphatic hydroxyl groups is 1. The van der Waals surface area contributed by atoms with E-state index in [2.05, 4.69) is 16.0 Å². The first kappa shape index (κ1) is 34.6. The van der Waals surface area contributed by atoms with Gasteiger partial charge in [0.05, 0.1) is 6.10 Å². The molecule has 40 heavy (non-hydrogen) atoms. The minimum atomic E-state index is -1.32. The van der Waals surface area contributed by atoms with Crippen molar-refractivity contribution in [1.82, 2.24) is 16.0 Å². The first-order valence-electron chi connectivity index (χ1n) is 13.6. The molecule has 0 fully saturated rings. The zero-order valence-corrected chi connectivity index (χ0v) is 24.3. The largest absolute Gasteiger partial charge is 0.480 e. The smallest absolute Gasteiger partial charge is 0.408 e. The summed E-state index contributed by atoms with van der Waals surface area (Å²) in [6.07, 6.45) is 5.44. The highest BCUT2D eigenvalue weighted by molar-refractivity contribution is 5.93. The van der Waals surface area contributed by atoms with Crippen LogP contribution in [0.1, 0.15) is 80.1 Å². The van der Waals surface area contributed by atoms with E-state index in [0.29, 0.717) is 6.42 Å². The summed E-state index contributed by atoms with van der Waals surface area (Å²) in [6.45, 7) is 9.94. The number of carboxylic acid groups (broad SMARTS) is 1. The van der Waals surface area contributed by atoms with Gasteiger partial charge in [-0.3, -0.25) is 14.4 Å². The molecule has 5 unspecified atom stereocenters. The Morgan fingerprint density at radius 1 is 1.00 bits per heavy atom. The van der Waals surface area contributed by atoms with Crippen LogP contribution in [-0.2, 0) is 28.7 Å². The van der Waals surface area contributed by atoms with E-state index in [1.807, 2.05) is 18.2 Å². The van der Waals surface area contributed by atoms with Crippen molar-refractivity contribution in [3.8, 4) is 0 Å². The number of esters is 1. The Hall–Kier alpha value is -3.41. The molecule has 0 radical (unpaired) electrons. The van der Waals surface area contributed by atoms with Crippen LogP contribution >= 0.6 is 0 Å². The molecule has 226 valence electrons. The lowest BCUT2D eigenvalue weighted by Gasteiger charge is -2.26. The predicted octanol–water partition coefficient (Wildman–Crippen LogP) is 2.35. The molecule has 1 aliphatic carbocycles. The average molecular weight is 568 g/mol. The number of alkyl carbamates (subject to hydrolysis) is 1. The topological polar surface area (TPSA) is 180 Å². The van der Waals surface area contributed by atoms with E-state index in [-0.39, 0.29) is 25.9 Å². The zero-order chi connectivity index (χ0) is 30.5. The van der Waals surface area contributed by atoms with Gasteiger partial charge in [0.1, 0.15) is 30.3 Å². The van der Waals surface area contributed by atoms with Gasteiger partial charge in [-0.15, -0.1) is 0 Å². The lowest BCUT2D eigenvalue weighted by Crippen LogP contribution is -2.57. The number of rotatable bonds is 15. The van der Waals surface area contributed by atoms with Gasteiger partial charge in [0, 0.05) is 12.8 Å². The third-order valence-corrected chi connectivity index (χ3v) is 6.09. The van der Waals surface area contributed by atoms with Crippen LogP contribution in [0.15, 0.2) is 23.8 Å². The second-order valence-electron chi connectivity index (χ2n) is 11.0. The van der Waals surface area contributed by atoms with E-state index >= 15 is 0 Å². The van der Waals surface area contributed by atoms with Crippen molar-refractivity contribution in [3.63, 3.8) is 0 Å². The van der Waals surface area contributed by atoms with Gasteiger partial charge in [-0.25, -0.2) is 9.59 Å². The maximum absolute atomic E-state index is 13.2. The number of carbonyl (C=O) groups is 5. The monoisotopic (exact) mass is 567 g/mol. The van der Waals surface area contributed by atoms with Gasteiger partial charge in [-0.2, -0.15) is 0 Å². The SMILES string of the molecule is CCC(C)C(NC(=O)C(CCC(=O)OC(C)(C)C)NC(=O)C(CC(C)O)NC(=O)OCC1=CCCC=C1)C(=O)O.